The molecule has 80 valence electrons. The maximum absolute atomic E-state index is 10.1. The molecule has 0 aromatic heterocycles. The second-order valence-electron chi connectivity index (χ2n) is 3.50. The molecule has 0 saturated carbocycles. The Morgan fingerprint density at radius 2 is 2.31 bits per heavy atom. The van der Waals surface area contributed by atoms with Crippen molar-refractivity contribution < 1.29 is 9.84 Å². The highest BCUT2D eigenvalue weighted by Crippen LogP contribution is 2.40. The zero-order chi connectivity index (χ0) is 11.7. The van der Waals surface area contributed by atoms with Gasteiger partial charge in [-0.1, -0.05) is 18.7 Å². The van der Waals surface area contributed by atoms with Gasteiger partial charge in [-0.3, -0.25) is 0 Å². The predicted molar refractivity (Wildman–Crippen MR) is 59.6 cm³/mol. The first-order chi connectivity index (χ1) is 7.69. The van der Waals surface area contributed by atoms with Crippen LogP contribution in [0.3, 0.4) is 0 Å². The van der Waals surface area contributed by atoms with Gasteiger partial charge >= 0.3 is 0 Å². The highest BCUT2D eigenvalue weighted by Gasteiger charge is 2.28. The van der Waals surface area contributed by atoms with Crippen molar-refractivity contribution in [1.29, 1.82) is 5.26 Å². The number of hydrogen-bond donors (Lipinski definition) is 1. The van der Waals surface area contributed by atoms with Crippen LogP contribution in [0, 0.1) is 11.3 Å². The Morgan fingerprint density at radius 1 is 1.56 bits per heavy atom. The van der Waals surface area contributed by atoms with E-state index in [1.165, 1.54) is 0 Å². The first-order valence-electron chi connectivity index (χ1n) is 4.93. The van der Waals surface area contributed by atoms with Gasteiger partial charge in [0.25, 0.3) is 0 Å². The van der Waals surface area contributed by atoms with Crippen LogP contribution in [0.15, 0.2) is 42.2 Å². The summed E-state index contributed by atoms with van der Waals surface area (Å²) in [5.74, 6) is 0.930. The fourth-order valence-corrected chi connectivity index (χ4v) is 1.83. The lowest BCUT2D eigenvalue weighted by Gasteiger charge is -2.26. The highest BCUT2D eigenvalue weighted by atomic mass is 16.5. The molecular formula is C13H11NO2. The summed E-state index contributed by atoms with van der Waals surface area (Å²) in [6.07, 6.45) is 0.904. The average Bonchev–Trinajstić information content (AvgIpc) is 2.28. The van der Waals surface area contributed by atoms with Gasteiger partial charge in [-0.05, 0) is 19.1 Å². The van der Waals surface area contributed by atoms with Gasteiger partial charge in [0.1, 0.15) is 17.6 Å². The van der Waals surface area contributed by atoms with Gasteiger partial charge in [0, 0.05) is 11.1 Å². The van der Waals surface area contributed by atoms with Crippen molar-refractivity contribution in [2.45, 2.75) is 13.0 Å². The SMILES string of the molecule is C=C1Oc2cccc(C#N)c2C(O)/C1=C/C. The first kappa shape index (κ1) is 10.5. The molecule has 0 aliphatic carbocycles. The molecule has 3 heteroatoms. The Labute approximate surface area is 93.9 Å². The lowest BCUT2D eigenvalue weighted by atomic mass is 9.93. The Hall–Kier alpha value is -2.05. The number of rotatable bonds is 0. The van der Waals surface area contributed by atoms with E-state index in [0.29, 0.717) is 28.2 Å². The van der Waals surface area contributed by atoms with Gasteiger partial charge in [-0.15, -0.1) is 0 Å². The number of nitrogens with zero attached hydrogens (tertiary/aromatic N) is 1. The van der Waals surface area contributed by atoms with Gasteiger partial charge in [0.05, 0.1) is 11.6 Å². The lowest BCUT2D eigenvalue weighted by Crippen LogP contribution is -2.16. The Morgan fingerprint density at radius 3 is 2.94 bits per heavy atom. The van der Waals surface area contributed by atoms with Crippen LogP contribution < -0.4 is 4.74 Å². The maximum atomic E-state index is 10.1. The van der Waals surface area contributed by atoms with Crippen LogP contribution in [-0.4, -0.2) is 5.11 Å². The molecule has 0 radical (unpaired) electrons. The van der Waals surface area contributed by atoms with Crippen LogP contribution in [0.25, 0.3) is 0 Å². The number of aliphatic hydroxyl groups is 1. The molecule has 1 aromatic rings. The molecule has 1 aliphatic heterocycles. The third kappa shape index (κ3) is 1.40. The van der Waals surface area contributed by atoms with Crippen molar-refractivity contribution in [3.63, 3.8) is 0 Å². The summed E-state index contributed by atoms with van der Waals surface area (Å²) in [4.78, 5) is 0. The Bertz CT molecular complexity index is 523. The average molecular weight is 213 g/mol. The van der Waals surface area contributed by atoms with Crippen LogP contribution in [0.5, 0.6) is 5.75 Å². The molecule has 0 spiro atoms. The normalized spacial score (nSPS) is 21.2. The monoisotopic (exact) mass is 213 g/mol. The quantitative estimate of drug-likeness (QED) is 0.720. The Balaban J connectivity index is 2.66. The Kier molecular flexibility index (Phi) is 2.51. The van der Waals surface area contributed by atoms with E-state index in [4.69, 9.17) is 10.00 Å². The summed E-state index contributed by atoms with van der Waals surface area (Å²) in [7, 11) is 0. The zero-order valence-corrected chi connectivity index (χ0v) is 8.90. The number of aliphatic hydroxyl groups excluding tert-OH is 1. The van der Waals surface area contributed by atoms with Gasteiger partial charge in [-0.2, -0.15) is 5.26 Å². The molecule has 0 saturated heterocycles. The van der Waals surface area contributed by atoms with Crippen molar-refractivity contribution in [3.8, 4) is 11.8 Å². The number of hydrogen-bond acceptors (Lipinski definition) is 3. The van der Waals surface area contributed by atoms with Gasteiger partial charge in [-0.25, -0.2) is 0 Å². The lowest BCUT2D eigenvalue weighted by molar-refractivity contribution is 0.191. The fourth-order valence-electron chi connectivity index (χ4n) is 1.83. The second-order valence-corrected chi connectivity index (χ2v) is 3.50. The van der Waals surface area contributed by atoms with E-state index < -0.39 is 6.10 Å². The summed E-state index contributed by atoms with van der Waals surface area (Å²) >= 11 is 0. The molecule has 0 bridgehead atoms. The maximum Gasteiger partial charge on any atom is 0.134 e. The minimum Gasteiger partial charge on any atom is -0.457 e. The minimum atomic E-state index is -0.836. The van der Waals surface area contributed by atoms with Crippen molar-refractivity contribution >= 4 is 0 Å². The standard InChI is InChI=1S/C13H11NO2/c1-3-10-8(2)16-11-6-4-5-9(7-14)12(11)13(10)15/h3-6,13,15H,2H2,1H3/b10-3+. The molecule has 3 nitrogen and oxygen atoms in total. The summed E-state index contributed by atoms with van der Waals surface area (Å²) in [6.45, 7) is 5.54. The first-order valence-corrected chi connectivity index (χ1v) is 4.93. The van der Waals surface area contributed by atoms with Crippen molar-refractivity contribution in [2.24, 2.45) is 0 Å². The number of allylic oxidation sites excluding steroid dienone is 1. The van der Waals surface area contributed by atoms with E-state index in [2.05, 4.69) is 6.58 Å². The topological polar surface area (TPSA) is 53.2 Å². The number of ether oxygens (including phenoxy) is 1. The van der Waals surface area contributed by atoms with E-state index in [1.54, 1.807) is 31.2 Å². The number of nitriles is 1. The number of fused-ring (bicyclic) bond motifs is 1. The van der Waals surface area contributed by atoms with E-state index in [9.17, 15) is 5.11 Å². The molecule has 2 rings (SSSR count). The summed E-state index contributed by atoms with van der Waals surface area (Å²) in [5.41, 5.74) is 1.55. The van der Waals surface area contributed by atoms with Gasteiger partial charge < -0.3 is 9.84 Å². The molecule has 0 fully saturated rings. The van der Waals surface area contributed by atoms with Crippen LogP contribution in [0.1, 0.15) is 24.2 Å². The van der Waals surface area contributed by atoms with Crippen molar-refractivity contribution in [1.82, 2.24) is 0 Å². The van der Waals surface area contributed by atoms with Crippen molar-refractivity contribution in [2.75, 3.05) is 0 Å². The van der Waals surface area contributed by atoms with E-state index in [0.717, 1.165) is 0 Å². The fraction of sp³-hybridized carbons (Fsp3) is 0.154. The summed E-state index contributed by atoms with van der Waals surface area (Å²) < 4.78 is 5.47. The summed E-state index contributed by atoms with van der Waals surface area (Å²) in [6, 6.07) is 7.15. The molecule has 1 aromatic carbocycles. The van der Waals surface area contributed by atoms with Crippen LogP contribution in [-0.2, 0) is 0 Å². The molecule has 16 heavy (non-hydrogen) atoms. The zero-order valence-electron chi connectivity index (χ0n) is 8.90. The molecular weight excluding hydrogens is 202 g/mol. The second kappa shape index (κ2) is 3.84. The summed E-state index contributed by atoms with van der Waals surface area (Å²) in [5, 5.41) is 19.1. The molecule has 1 aliphatic rings. The minimum absolute atomic E-state index is 0.428. The van der Waals surface area contributed by atoms with E-state index >= 15 is 0 Å². The van der Waals surface area contributed by atoms with Crippen LogP contribution in [0.2, 0.25) is 0 Å². The van der Waals surface area contributed by atoms with Crippen molar-refractivity contribution in [3.05, 3.63) is 53.3 Å². The molecule has 1 heterocycles. The predicted octanol–water partition coefficient (Wildman–Crippen LogP) is 2.44. The molecule has 1 N–H and O–H groups in total. The smallest absolute Gasteiger partial charge is 0.134 e. The van der Waals surface area contributed by atoms with E-state index in [-0.39, 0.29) is 0 Å². The van der Waals surface area contributed by atoms with Crippen LogP contribution >= 0.6 is 0 Å². The third-order valence-corrected chi connectivity index (χ3v) is 2.62. The van der Waals surface area contributed by atoms with E-state index in [1.807, 2.05) is 6.07 Å². The van der Waals surface area contributed by atoms with Gasteiger partial charge in [0.15, 0.2) is 0 Å². The highest BCUT2D eigenvalue weighted by molar-refractivity contribution is 5.55. The number of benzene rings is 1. The molecule has 1 unspecified atom stereocenters. The van der Waals surface area contributed by atoms with Gasteiger partial charge in [0.2, 0.25) is 0 Å². The molecule has 0 amide bonds. The molecule has 1 atom stereocenters. The van der Waals surface area contributed by atoms with Crippen LogP contribution in [0.4, 0.5) is 0 Å². The third-order valence-electron chi connectivity index (χ3n) is 2.62. The largest absolute Gasteiger partial charge is 0.457 e.